The highest BCUT2D eigenvalue weighted by Crippen LogP contribution is 2.12. The zero-order valence-corrected chi connectivity index (χ0v) is 9.64. The van der Waals surface area contributed by atoms with Gasteiger partial charge in [-0.3, -0.25) is 5.10 Å². The Balaban J connectivity index is 1.88. The van der Waals surface area contributed by atoms with Crippen molar-refractivity contribution in [2.24, 2.45) is 0 Å². The third-order valence-corrected chi connectivity index (χ3v) is 3.10. The molecule has 0 aliphatic heterocycles. The molecule has 0 radical (unpaired) electrons. The largest absolute Gasteiger partial charge is 0.304 e. The highest BCUT2D eigenvalue weighted by molar-refractivity contribution is 7.09. The number of aromatic amines is 1. The monoisotopic (exact) mass is 222 g/mol. The van der Waals surface area contributed by atoms with Crippen LogP contribution in [0, 0.1) is 6.92 Å². The Morgan fingerprint density at radius 1 is 1.60 bits per heavy atom. The maximum Gasteiger partial charge on any atom is 0.0897 e. The summed E-state index contributed by atoms with van der Waals surface area (Å²) >= 11 is 1.68. The van der Waals surface area contributed by atoms with Crippen molar-refractivity contribution in [3.8, 4) is 0 Å². The molecule has 0 aliphatic rings. The Hall–Kier alpha value is -1.20. The zero-order valence-electron chi connectivity index (χ0n) is 8.82. The van der Waals surface area contributed by atoms with Crippen molar-refractivity contribution in [1.82, 2.24) is 20.5 Å². The first kappa shape index (κ1) is 10.3. The molecule has 2 rings (SSSR count). The minimum atomic E-state index is 0.297. The van der Waals surface area contributed by atoms with E-state index in [1.807, 2.05) is 19.3 Å². The van der Waals surface area contributed by atoms with Crippen molar-refractivity contribution >= 4 is 11.3 Å². The summed E-state index contributed by atoms with van der Waals surface area (Å²) in [5, 5.41) is 13.3. The molecule has 1 atom stereocenters. The van der Waals surface area contributed by atoms with Crippen molar-refractivity contribution in [1.29, 1.82) is 0 Å². The van der Waals surface area contributed by atoms with Crippen LogP contribution in [0.3, 0.4) is 0 Å². The Bertz CT molecular complexity index is 407. The molecule has 2 aromatic heterocycles. The second-order valence-corrected chi connectivity index (χ2v) is 4.55. The molecule has 0 bridgehead atoms. The van der Waals surface area contributed by atoms with E-state index in [1.54, 1.807) is 11.3 Å². The lowest BCUT2D eigenvalue weighted by Gasteiger charge is -2.09. The summed E-state index contributed by atoms with van der Waals surface area (Å²) in [6.07, 6.45) is 3.74. The fraction of sp³-hybridized carbons (Fsp3) is 0.400. The number of aryl methyl sites for hydroxylation is 1. The van der Waals surface area contributed by atoms with E-state index < -0.39 is 0 Å². The molecule has 0 fully saturated rings. The predicted octanol–water partition coefficient (Wildman–Crippen LogP) is 2.03. The highest BCUT2D eigenvalue weighted by Gasteiger charge is 2.06. The number of rotatable bonds is 4. The lowest BCUT2D eigenvalue weighted by molar-refractivity contribution is 0.569. The molecule has 1 unspecified atom stereocenters. The summed E-state index contributed by atoms with van der Waals surface area (Å²) in [7, 11) is 0. The van der Waals surface area contributed by atoms with Gasteiger partial charge in [-0.1, -0.05) is 0 Å². The van der Waals surface area contributed by atoms with Crippen LogP contribution in [0.1, 0.15) is 29.2 Å². The van der Waals surface area contributed by atoms with E-state index in [0.29, 0.717) is 6.04 Å². The van der Waals surface area contributed by atoms with E-state index in [9.17, 15) is 0 Å². The van der Waals surface area contributed by atoms with Crippen molar-refractivity contribution in [3.05, 3.63) is 34.0 Å². The van der Waals surface area contributed by atoms with E-state index in [-0.39, 0.29) is 0 Å². The molecule has 0 amide bonds. The molecule has 2 heterocycles. The number of nitrogens with zero attached hydrogens (tertiary/aromatic N) is 2. The fourth-order valence-corrected chi connectivity index (χ4v) is 1.98. The summed E-state index contributed by atoms with van der Waals surface area (Å²) in [5.74, 6) is 0. The molecule has 0 aliphatic carbocycles. The minimum Gasteiger partial charge on any atom is -0.304 e. The average molecular weight is 222 g/mol. The lowest BCUT2D eigenvalue weighted by Crippen LogP contribution is -2.17. The Morgan fingerprint density at radius 2 is 2.47 bits per heavy atom. The summed E-state index contributed by atoms with van der Waals surface area (Å²) in [6, 6.07) is 0.297. The lowest BCUT2D eigenvalue weighted by atomic mass is 10.2. The molecular weight excluding hydrogens is 208 g/mol. The molecule has 80 valence electrons. The third-order valence-electron chi connectivity index (χ3n) is 2.28. The average Bonchev–Trinajstić information content (AvgIpc) is 2.84. The van der Waals surface area contributed by atoms with Crippen LogP contribution < -0.4 is 5.32 Å². The summed E-state index contributed by atoms with van der Waals surface area (Å²) < 4.78 is 0. The van der Waals surface area contributed by atoms with Crippen LogP contribution in [0.25, 0.3) is 0 Å². The number of nitrogens with one attached hydrogen (secondary N) is 2. The van der Waals surface area contributed by atoms with E-state index in [2.05, 4.69) is 32.8 Å². The van der Waals surface area contributed by atoms with Gasteiger partial charge in [0.1, 0.15) is 0 Å². The number of hydrogen-bond donors (Lipinski definition) is 2. The molecule has 0 spiro atoms. The highest BCUT2D eigenvalue weighted by atomic mass is 32.1. The summed E-state index contributed by atoms with van der Waals surface area (Å²) in [6.45, 7) is 4.94. The van der Waals surface area contributed by atoms with Crippen molar-refractivity contribution < 1.29 is 0 Å². The van der Waals surface area contributed by atoms with Gasteiger partial charge in [-0.05, 0) is 13.8 Å². The molecule has 2 aromatic rings. The predicted molar refractivity (Wildman–Crippen MR) is 60.7 cm³/mol. The Labute approximate surface area is 92.8 Å². The normalized spacial score (nSPS) is 12.9. The second kappa shape index (κ2) is 4.55. The van der Waals surface area contributed by atoms with Crippen LogP contribution in [-0.2, 0) is 6.54 Å². The first-order chi connectivity index (χ1) is 7.25. The van der Waals surface area contributed by atoms with Gasteiger partial charge < -0.3 is 5.32 Å². The van der Waals surface area contributed by atoms with Gasteiger partial charge in [-0.15, -0.1) is 11.3 Å². The van der Waals surface area contributed by atoms with Crippen molar-refractivity contribution in [2.45, 2.75) is 26.4 Å². The van der Waals surface area contributed by atoms with Gasteiger partial charge in [0.05, 0.1) is 16.9 Å². The van der Waals surface area contributed by atoms with Crippen LogP contribution >= 0.6 is 11.3 Å². The number of H-pyrrole nitrogens is 1. The van der Waals surface area contributed by atoms with Gasteiger partial charge in [0.2, 0.25) is 0 Å². The standard InChI is InChI=1S/C10H14N4S/c1-7(9-3-12-13-4-9)11-5-10-6-15-8(2)14-10/h3-4,6-7,11H,5H2,1-2H3,(H,12,13). The van der Waals surface area contributed by atoms with Crippen LogP contribution in [0.2, 0.25) is 0 Å². The first-order valence-electron chi connectivity index (χ1n) is 4.89. The second-order valence-electron chi connectivity index (χ2n) is 3.49. The summed E-state index contributed by atoms with van der Waals surface area (Å²) in [4.78, 5) is 4.40. The topological polar surface area (TPSA) is 53.6 Å². The maximum atomic E-state index is 4.40. The van der Waals surface area contributed by atoms with Crippen molar-refractivity contribution in [2.75, 3.05) is 0 Å². The van der Waals surface area contributed by atoms with Gasteiger partial charge in [0.25, 0.3) is 0 Å². The SMILES string of the molecule is Cc1nc(CNC(C)c2cn[nH]c2)cs1. The Kier molecular flexibility index (Phi) is 3.13. The van der Waals surface area contributed by atoms with Gasteiger partial charge in [-0.2, -0.15) is 5.10 Å². The van der Waals surface area contributed by atoms with E-state index in [1.165, 1.54) is 5.56 Å². The molecular formula is C10H14N4S. The Morgan fingerprint density at radius 3 is 3.07 bits per heavy atom. The molecule has 15 heavy (non-hydrogen) atoms. The van der Waals surface area contributed by atoms with Gasteiger partial charge in [0.15, 0.2) is 0 Å². The van der Waals surface area contributed by atoms with Gasteiger partial charge in [0, 0.05) is 29.7 Å². The van der Waals surface area contributed by atoms with E-state index >= 15 is 0 Å². The smallest absolute Gasteiger partial charge is 0.0897 e. The van der Waals surface area contributed by atoms with Crippen LogP contribution in [0.4, 0.5) is 0 Å². The molecule has 4 nitrogen and oxygen atoms in total. The quantitative estimate of drug-likeness (QED) is 0.832. The minimum absolute atomic E-state index is 0.297. The molecule has 0 saturated heterocycles. The molecule has 5 heteroatoms. The van der Waals surface area contributed by atoms with Crippen LogP contribution in [0.15, 0.2) is 17.8 Å². The van der Waals surface area contributed by atoms with Crippen molar-refractivity contribution in [3.63, 3.8) is 0 Å². The number of hydrogen-bond acceptors (Lipinski definition) is 4. The zero-order chi connectivity index (χ0) is 10.7. The van der Waals surface area contributed by atoms with Gasteiger partial charge >= 0.3 is 0 Å². The van der Waals surface area contributed by atoms with Crippen LogP contribution in [-0.4, -0.2) is 15.2 Å². The van der Waals surface area contributed by atoms with Crippen LogP contribution in [0.5, 0.6) is 0 Å². The number of thiazole rings is 1. The molecule has 0 saturated carbocycles. The summed E-state index contributed by atoms with van der Waals surface area (Å²) in [5.41, 5.74) is 2.27. The van der Waals surface area contributed by atoms with E-state index in [4.69, 9.17) is 0 Å². The molecule has 0 aromatic carbocycles. The molecule has 2 N–H and O–H groups in total. The van der Waals surface area contributed by atoms with E-state index in [0.717, 1.165) is 17.2 Å². The van der Waals surface area contributed by atoms with Gasteiger partial charge in [-0.25, -0.2) is 4.98 Å². The number of aromatic nitrogens is 3. The maximum absolute atomic E-state index is 4.40. The third kappa shape index (κ3) is 2.64. The fourth-order valence-electron chi connectivity index (χ4n) is 1.36. The first-order valence-corrected chi connectivity index (χ1v) is 5.77.